The van der Waals surface area contributed by atoms with Crippen LogP contribution in [0.4, 0.5) is 0 Å². The lowest BCUT2D eigenvalue weighted by molar-refractivity contribution is -0.120. The summed E-state index contributed by atoms with van der Waals surface area (Å²) in [5, 5.41) is 7.31. The van der Waals surface area contributed by atoms with Gasteiger partial charge in [0.15, 0.2) is 0 Å². The van der Waals surface area contributed by atoms with Gasteiger partial charge in [-0.3, -0.25) is 4.79 Å². The maximum absolute atomic E-state index is 12.2. The standard InChI is InChI=1S/C24H28N4O3/c1-13-22(14(2)31-27-13)15-4-9-20-19(10-15)25-23(24-12-16(24)11-21(29)26-24)28(20)17-5-7-18(30-3)8-6-17/h4,9-10,16-18H,5-8,11-12H2,1-3H3,(H,26,29)/t16-,17-,18-,24+/m1/s1/i3D3. The van der Waals surface area contributed by atoms with Crippen LogP contribution in [-0.4, -0.2) is 33.8 Å². The first-order valence-electron chi connectivity index (χ1n) is 12.6. The van der Waals surface area contributed by atoms with Gasteiger partial charge in [0.25, 0.3) is 0 Å². The molecule has 31 heavy (non-hydrogen) atoms. The number of benzene rings is 1. The Kier molecular flexibility index (Phi) is 3.45. The highest BCUT2D eigenvalue weighted by molar-refractivity contribution is 5.86. The molecule has 0 radical (unpaired) electrons. The number of amides is 1. The molecule has 162 valence electrons. The number of aryl methyl sites for hydroxylation is 2. The minimum atomic E-state index is -2.37. The number of methoxy groups -OCH3 is 1. The molecular weight excluding hydrogens is 392 g/mol. The summed E-state index contributed by atoms with van der Waals surface area (Å²) in [5.41, 5.74) is 4.37. The zero-order chi connectivity index (χ0) is 23.8. The Labute approximate surface area is 185 Å². The van der Waals surface area contributed by atoms with Crippen LogP contribution < -0.4 is 5.32 Å². The number of imidazole rings is 1. The van der Waals surface area contributed by atoms with E-state index in [1.807, 2.05) is 13.8 Å². The summed E-state index contributed by atoms with van der Waals surface area (Å²) in [6.45, 7) is 3.84. The van der Waals surface area contributed by atoms with Crippen molar-refractivity contribution in [2.24, 2.45) is 5.92 Å². The average molecular weight is 424 g/mol. The van der Waals surface area contributed by atoms with Crippen LogP contribution in [0.3, 0.4) is 0 Å². The Balaban J connectivity index is 1.40. The van der Waals surface area contributed by atoms with E-state index in [-0.39, 0.29) is 29.5 Å². The van der Waals surface area contributed by atoms with Crippen LogP contribution in [0.5, 0.6) is 0 Å². The Morgan fingerprint density at radius 2 is 2.13 bits per heavy atom. The Morgan fingerprint density at radius 1 is 1.29 bits per heavy atom. The largest absolute Gasteiger partial charge is 0.381 e. The highest BCUT2D eigenvalue weighted by Gasteiger charge is 2.64. The molecule has 0 unspecified atom stereocenters. The minimum Gasteiger partial charge on any atom is -0.381 e. The van der Waals surface area contributed by atoms with Gasteiger partial charge in [-0.05, 0) is 63.6 Å². The smallest absolute Gasteiger partial charge is 0.221 e. The molecule has 6 rings (SSSR count). The molecule has 3 aromatic rings. The molecule has 7 heteroatoms. The number of ether oxygens (including phenoxy) is 1. The third-order valence-corrected chi connectivity index (χ3v) is 7.49. The van der Waals surface area contributed by atoms with Crippen LogP contribution in [0, 0.1) is 19.8 Å². The summed E-state index contributed by atoms with van der Waals surface area (Å²) in [7, 11) is -2.37. The van der Waals surface area contributed by atoms with E-state index in [1.54, 1.807) is 0 Å². The second kappa shape index (κ2) is 6.66. The summed E-state index contributed by atoms with van der Waals surface area (Å²) in [6, 6.07) is 6.43. The van der Waals surface area contributed by atoms with Gasteiger partial charge in [0, 0.05) is 31.0 Å². The van der Waals surface area contributed by atoms with Crippen molar-refractivity contribution in [3.05, 3.63) is 35.5 Å². The first kappa shape index (κ1) is 16.0. The van der Waals surface area contributed by atoms with E-state index in [9.17, 15) is 4.79 Å². The summed E-state index contributed by atoms with van der Waals surface area (Å²) < 4.78 is 35.2. The third kappa shape index (κ3) is 2.79. The van der Waals surface area contributed by atoms with E-state index in [2.05, 4.69) is 33.2 Å². The van der Waals surface area contributed by atoms with Crippen molar-refractivity contribution in [3.63, 3.8) is 0 Å². The highest BCUT2D eigenvalue weighted by Crippen LogP contribution is 2.58. The lowest BCUT2D eigenvalue weighted by Crippen LogP contribution is -2.34. The fraction of sp³-hybridized carbons (Fsp3) is 0.542. The van der Waals surface area contributed by atoms with Gasteiger partial charge in [-0.1, -0.05) is 11.2 Å². The maximum atomic E-state index is 12.2. The van der Waals surface area contributed by atoms with Crippen LogP contribution in [0.1, 0.15) is 66.0 Å². The number of rotatable bonds is 4. The van der Waals surface area contributed by atoms with Gasteiger partial charge in [-0.15, -0.1) is 0 Å². The van der Waals surface area contributed by atoms with E-state index in [0.29, 0.717) is 19.3 Å². The molecular formula is C24H28N4O3. The van der Waals surface area contributed by atoms with Crippen LogP contribution in [0.15, 0.2) is 22.7 Å². The fourth-order valence-corrected chi connectivity index (χ4v) is 5.84. The summed E-state index contributed by atoms with van der Waals surface area (Å²) in [4.78, 5) is 17.3. The number of hydrogen-bond acceptors (Lipinski definition) is 5. The van der Waals surface area contributed by atoms with Gasteiger partial charge in [-0.2, -0.15) is 0 Å². The van der Waals surface area contributed by atoms with Crippen molar-refractivity contribution < 1.29 is 18.2 Å². The Morgan fingerprint density at radius 3 is 2.81 bits per heavy atom. The van der Waals surface area contributed by atoms with Crippen molar-refractivity contribution in [1.29, 1.82) is 0 Å². The predicted molar refractivity (Wildman–Crippen MR) is 116 cm³/mol. The van der Waals surface area contributed by atoms with Gasteiger partial charge >= 0.3 is 0 Å². The zero-order valence-corrected chi connectivity index (χ0v) is 17.8. The van der Waals surface area contributed by atoms with Crippen LogP contribution in [-0.2, 0) is 15.1 Å². The number of carbonyl (C=O) groups excluding carboxylic acids is 1. The Hall–Kier alpha value is -2.67. The van der Waals surface area contributed by atoms with Crippen molar-refractivity contribution in [2.75, 3.05) is 7.04 Å². The van der Waals surface area contributed by atoms with E-state index >= 15 is 0 Å². The van der Waals surface area contributed by atoms with Gasteiger partial charge in [0.2, 0.25) is 5.91 Å². The molecule has 2 aliphatic carbocycles. The van der Waals surface area contributed by atoms with Crippen molar-refractivity contribution >= 4 is 16.9 Å². The quantitative estimate of drug-likeness (QED) is 0.681. The molecule has 0 bridgehead atoms. The van der Waals surface area contributed by atoms with Crippen molar-refractivity contribution in [3.8, 4) is 11.1 Å². The van der Waals surface area contributed by atoms with E-state index in [1.165, 1.54) is 0 Å². The molecule has 1 N–H and O–H groups in total. The molecule has 2 aromatic heterocycles. The van der Waals surface area contributed by atoms with Crippen LogP contribution in [0.2, 0.25) is 0 Å². The van der Waals surface area contributed by atoms with Crippen molar-refractivity contribution in [2.45, 2.75) is 70.1 Å². The van der Waals surface area contributed by atoms with Gasteiger partial charge in [0.05, 0.1) is 26.9 Å². The fourth-order valence-electron chi connectivity index (χ4n) is 5.84. The number of aromatic nitrogens is 3. The second-order valence-electron chi connectivity index (χ2n) is 9.38. The summed E-state index contributed by atoms with van der Waals surface area (Å²) in [6.07, 6.45) is 4.18. The topological polar surface area (TPSA) is 82.2 Å². The Bertz CT molecular complexity index is 1270. The highest BCUT2D eigenvalue weighted by atomic mass is 16.5. The normalized spacial score (nSPS) is 31.7. The number of piperidine rings is 1. The molecule has 2 saturated carbocycles. The van der Waals surface area contributed by atoms with E-state index in [0.717, 1.165) is 58.7 Å². The van der Waals surface area contributed by atoms with Crippen LogP contribution >= 0.6 is 0 Å². The molecule has 1 amide bonds. The lowest BCUT2D eigenvalue weighted by Gasteiger charge is -2.31. The summed E-state index contributed by atoms with van der Waals surface area (Å²) in [5.74, 6) is 2.07. The number of nitrogens with one attached hydrogen (secondary N) is 1. The molecule has 2 atom stereocenters. The maximum Gasteiger partial charge on any atom is 0.221 e. The number of carbonyl (C=O) groups is 1. The molecule has 1 aromatic carbocycles. The molecule has 3 aliphatic rings. The van der Waals surface area contributed by atoms with Gasteiger partial charge in [0.1, 0.15) is 17.1 Å². The molecule has 3 heterocycles. The lowest BCUT2D eigenvalue weighted by atomic mass is 9.92. The molecule has 1 saturated heterocycles. The van der Waals surface area contributed by atoms with Crippen LogP contribution in [0.25, 0.3) is 22.2 Å². The second-order valence-corrected chi connectivity index (χ2v) is 9.38. The molecule has 7 nitrogen and oxygen atoms in total. The number of nitrogens with zero attached hydrogens (tertiary/aromatic N) is 3. The van der Waals surface area contributed by atoms with E-state index in [4.69, 9.17) is 18.4 Å². The SMILES string of the molecule is [2H]C([2H])([2H])O[C@H]1CC[C@H](n2c([C@]34C[C@H]3CC(=O)N4)nc3cc(-c4c(C)noc4C)ccc32)CC1. The van der Waals surface area contributed by atoms with Crippen molar-refractivity contribution in [1.82, 2.24) is 20.0 Å². The monoisotopic (exact) mass is 423 g/mol. The minimum absolute atomic E-state index is 0.0843. The molecule has 3 fully saturated rings. The number of fused-ring (bicyclic) bond motifs is 2. The van der Waals surface area contributed by atoms with Gasteiger partial charge < -0.3 is 19.1 Å². The number of hydrogen-bond donors (Lipinski definition) is 1. The first-order chi connectivity index (χ1) is 16.1. The van der Waals surface area contributed by atoms with E-state index < -0.39 is 7.04 Å². The average Bonchev–Trinajstić information content (AvgIpc) is 3.04. The summed E-state index contributed by atoms with van der Waals surface area (Å²) >= 11 is 0. The van der Waals surface area contributed by atoms with Gasteiger partial charge in [-0.25, -0.2) is 4.98 Å². The third-order valence-electron chi connectivity index (χ3n) is 7.49. The molecule has 0 spiro atoms. The first-order valence-corrected chi connectivity index (χ1v) is 11.1. The predicted octanol–water partition coefficient (Wildman–Crippen LogP) is 4.17. The molecule has 1 aliphatic heterocycles. The zero-order valence-electron chi connectivity index (χ0n) is 20.8.